The molecule has 1 N–H and O–H groups in total. The molecule has 17 heavy (non-hydrogen) atoms. The Kier molecular flexibility index (Phi) is 3.97. The minimum atomic E-state index is -0.333. The fourth-order valence-electron chi connectivity index (χ4n) is 2.17. The summed E-state index contributed by atoms with van der Waals surface area (Å²) >= 11 is 0. The lowest BCUT2D eigenvalue weighted by molar-refractivity contribution is 0.00136. The van der Waals surface area contributed by atoms with E-state index in [1.165, 1.54) is 13.2 Å². The van der Waals surface area contributed by atoms with Gasteiger partial charge < -0.3 is 14.8 Å². The lowest BCUT2D eigenvalue weighted by atomic mass is 9.97. The van der Waals surface area contributed by atoms with E-state index in [-0.39, 0.29) is 17.7 Å². The maximum atomic E-state index is 13.6. The first kappa shape index (κ1) is 12.3. The highest BCUT2D eigenvalue weighted by atomic mass is 19.1. The minimum Gasteiger partial charge on any atom is -0.494 e. The van der Waals surface area contributed by atoms with E-state index in [1.807, 2.05) is 13.1 Å². The Balaban J connectivity index is 2.13. The molecule has 0 aliphatic carbocycles. The van der Waals surface area contributed by atoms with Crippen LogP contribution in [0.4, 0.5) is 4.39 Å². The van der Waals surface area contributed by atoms with Gasteiger partial charge >= 0.3 is 0 Å². The number of halogens is 1. The molecule has 1 aliphatic rings. The summed E-state index contributed by atoms with van der Waals surface area (Å²) in [7, 11) is 3.41. The number of rotatable bonds is 3. The van der Waals surface area contributed by atoms with Crippen molar-refractivity contribution in [3.05, 3.63) is 29.6 Å². The topological polar surface area (TPSA) is 30.5 Å². The zero-order valence-corrected chi connectivity index (χ0v) is 10.2. The monoisotopic (exact) mass is 239 g/mol. The highest BCUT2D eigenvalue weighted by Crippen LogP contribution is 2.30. The van der Waals surface area contributed by atoms with Gasteiger partial charge in [-0.15, -0.1) is 0 Å². The molecule has 0 bridgehead atoms. The number of ether oxygens (including phenoxy) is 2. The lowest BCUT2D eigenvalue weighted by Crippen LogP contribution is -2.33. The molecule has 3 nitrogen and oxygen atoms in total. The molecule has 1 heterocycles. The SMILES string of the molecule is CNC1CCOC(c2ccc(OC)c(F)c2)C1. The maximum absolute atomic E-state index is 13.6. The van der Waals surface area contributed by atoms with Crippen LogP contribution in [0.5, 0.6) is 5.75 Å². The molecule has 0 saturated carbocycles. The summed E-state index contributed by atoms with van der Waals surface area (Å²) < 4.78 is 24.2. The van der Waals surface area contributed by atoms with Crippen molar-refractivity contribution in [2.45, 2.75) is 25.0 Å². The van der Waals surface area contributed by atoms with Gasteiger partial charge in [0.05, 0.1) is 13.2 Å². The molecule has 0 spiro atoms. The van der Waals surface area contributed by atoms with Crippen molar-refractivity contribution in [3.63, 3.8) is 0 Å². The number of hydrogen-bond acceptors (Lipinski definition) is 3. The van der Waals surface area contributed by atoms with E-state index in [2.05, 4.69) is 5.32 Å². The molecule has 1 aliphatic heterocycles. The number of nitrogens with one attached hydrogen (secondary N) is 1. The Morgan fingerprint density at radius 2 is 2.29 bits per heavy atom. The van der Waals surface area contributed by atoms with Gasteiger partial charge in [-0.2, -0.15) is 0 Å². The second-order valence-corrected chi connectivity index (χ2v) is 4.26. The molecule has 0 amide bonds. The third kappa shape index (κ3) is 2.76. The van der Waals surface area contributed by atoms with Gasteiger partial charge in [0.1, 0.15) is 0 Å². The van der Waals surface area contributed by atoms with Crippen molar-refractivity contribution in [3.8, 4) is 5.75 Å². The van der Waals surface area contributed by atoms with E-state index in [4.69, 9.17) is 9.47 Å². The Labute approximate surface area is 101 Å². The zero-order chi connectivity index (χ0) is 12.3. The first-order valence-corrected chi connectivity index (χ1v) is 5.87. The average molecular weight is 239 g/mol. The van der Waals surface area contributed by atoms with Gasteiger partial charge in [0.15, 0.2) is 11.6 Å². The van der Waals surface area contributed by atoms with E-state index in [0.717, 1.165) is 18.4 Å². The number of benzene rings is 1. The van der Waals surface area contributed by atoms with Gasteiger partial charge in [-0.1, -0.05) is 6.07 Å². The summed E-state index contributed by atoms with van der Waals surface area (Å²) in [5.74, 6) is -0.0603. The first-order valence-electron chi connectivity index (χ1n) is 5.87. The summed E-state index contributed by atoms with van der Waals surface area (Å²) in [6, 6.07) is 5.46. The van der Waals surface area contributed by atoms with Crippen LogP contribution >= 0.6 is 0 Å². The normalized spacial score (nSPS) is 24.6. The molecule has 1 fully saturated rings. The average Bonchev–Trinajstić information content (AvgIpc) is 2.38. The molecular weight excluding hydrogens is 221 g/mol. The van der Waals surface area contributed by atoms with E-state index < -0.39 is 0 Å². The van der Waals surface area contributed by atoms with Gasteiger partial charge in [-0.3, -0.25) is 0 Å². The van der Waals surface area contributed by atoms with Gasteiger partial charge in [0, 0.05) is 12.6 Å². The smallest absolute Gasteiger partial charge is 0.165 e. The van der Waals surface area contributed by atoms with Crippen LogP contribution in [0.25, 0.3) is 0 Å². The number of methoxy groups -OCH3 is 1. The van der Waals surface area contributed by atoms with E-state index in [9.17, 15) is 4.39 Å². The molecule has 1 aromatic rings. The molecule has 2 rings (SSSR count). The fraction of sp³-hybridized carbons (Fsp3) is 0.538. The summed E-state index contributed by atoms with van der Waals surface area (Å²) in [5, 5.41) is 3.24. The summed E-state index contributed by atoms with van der Waals surface area (Å²) in [6.07, 6.45) is 1.86. The molecule has 0 aromatic heterocycles. The van der Waals surface area contributed by atoms with Crippen molar-refractivity contribution < 1.29 is 13.9 Å². The highest BCUT2D eigenvalue weighted by molar-refractivity contribution is 5.30. The largest absolute Gasteiger partial charge is 0.494 e. The predicted octanol–water partition coefficient (Wildman–Crippen LogP) is 2.27. The lowest BCUT2D eigenvalue weighted by Gasteiger charge is -2.29. The third-order valence-electron chi connectivity index (χ3n) is 3.24. The third-order valence-corrected chi connectivity index (χ3v) is 3.24. The molecule has 94 valence electrons. The number of hydrogen-bond donors (Lipinski definition) is 1. The summed E-state index contributed by atoms with van der Waals surface area (Å²) in [4.78, 5) is 0. The van der Waals surface area contributed by atoms with Gasteiger partial charge in [-0.25, -0.2) is 4.39 Å². The van der Waals surface area contributed by atoms with E-state index in [1.54, 1.807) is 6.07 Å². The fourth-order valence-corrected chi connectivity index (χ4v) is 2.17. The molecule has 1 aromatic carbocycles. The van der Waals surface area contributed by atoms with Crippen molar-refractivity contribution in [2.75, 3.05) is 20.8 Å². The molecule has 2 unspecified atom stereocenters. The van der Waals surface area contributed by atoms with Gasteiger partial charge in [0.2, 0.25) is 0 Å². The molecule has 0 radical (unpaired) electrons. The molecular formula is C13H18FNO2. The van der Waals surface area contributed by atoms with Crippen molar-refractivity contribution in [2.24, 2.45) is 0 Å². The van der Waals surface area contributed by atoms with Crippen LogP contribution in [0.2, 0.25) is 0 Å². The summed E-state index contributed by atoms with van der Waals surface area (Å²) in [6.45, 7) is 0.712. The van der Waals surface area contributed by atoms with Crippen LogP contribution in [0.1, 0.15) is 24.5 Å². The predicted molar refractivity (Wildman–Crippen MR) is 63.7 cm³/mol. The van der Waals surface area contributed by atoms with Gasteiger partial charge in [0.25, 0.3) is 0 Å². The highest BCUT2D eigenvalue weighted by Gasteiger charge is 2.23. The van der Waals surface area contributed by atoms with Crippen LogP contribution < -0.4 is 10.1 Å². The summed E-state index contributed by atoms with van der Waals surface area (Å²) in [5.41, 5.74) is 0.878. The maximum Gasteiger partial charge on any atom is 0.165 e. The van der Waals surface area contributed by atoms with E-state index >= 15 is 0 Å². The van der Waals surface area contributed by atoms with Crippen LogP contribution in [0, 0.1) is 5.82 Å². The van der Waals surface area contributed by atoms with Crippen LogP contribution in [0.15, 0.2) is 18.2 Å². The quantitative estimate of drug-likeness (QED) is 0.877. The Hall–Kier alpha value is -1.13. The first-order chi connectivity index (χ1) is 8.24. The molecule has 2 atom stereocenters. The van der Waals surface area contributed by atoms with Gasteiger partial charge in [-0.05, 0) is 37.6 Å². The van der Waals surface area contributed by atoms with Crippen LogP contribution in [0.3, 0.4) is 0 Å². The zero-order valence-electron chi connectivity index (χ0n) is 10.2. The Bertz CT molecular complexity index is 384. The molecule has 4 heteroatoms. The Morgan fingerprint density at radius 3 is 2.94 bits per heavy atom. The minimum absolute atomic E-state index is 0.0263. The Morgan fingerprint density at radius 1 is 1.47 bits per heavy atom. The molecule has 1 saturated heterocycles. The second kappa shape index (κ2) is 5.47. The van der Waals surface area contributed by atoms with E-state index in [0.29, 0.717) is 12.6 Å². The second-order valence-electron chi connectivity index (χ2n) is 4.26. The van der Waals surface area contributed by atoms with Crippen LogP contribution in [-0.2, 0) is 4.74 Å². The van der Waals surface area contributed by atoms with Crippen molar-refractivity contribution in [1.82, 2.24) is 5.32 Å². The van der Waals surface area contributed by atoms with Crippen molar-refractivity contribution in [1.29, 1.82) is 0 Å². The standard InChI is InChI=1S/C13H18FNO2/c1-15-10-5-6-17-13(8-10)9-3-4-12(16-2)11(14)7-9/h3-4,7,10,13,15H,5-6,8H2,1-2H3. The van der Waals surface area contributed by atoms with Crippen LogP contribution in [-0.4, -0.2) is 26.8 Å². The van der Waals surface area contributed by atoms with Crippen molar-refractivity contribution >= 4 is 0 Å².